The molecule has 4 aromatic rings. The van der Waals surface area contributed by atoms with Crippen LogP contribution in [-0.4, -0.2) is 25.4 Å². The molecule has 0 bridgehead atoms. The molecule has 0 aliphatic heterocycles. The molecule has 0 unspecified atom stereocenters. The van der Waals surface area contributed by atoms with E-state index in [1.807, 2.05) is 43.6 Å². The molecule has 0 radical (unpaired) electrons. The molecule has 0 amide bonds. The molecule has 3 heterocycles. The summed E-state index contributed by atoms with van der Waals surface area (Å²) in [5.41, 5.74) is 5.97. The maximum atomic E-state index is 4.56. The van der Waals surface area contributed by atoms with Gasteiger partial charge in [-0.1, -0.05) is 12.1 Å². The van der Waals surface area contributed by atoms with Crippen molar-refractivity contribution in [3.8, 4) is 22.5 Å². The van der Waals surface area contributed by atoms with E-state index in [2.05, 4.69) is 37.5 Å². The van der Waals surface area contributed by atoms with Gasteiger partial charge in [0.2, 0.25) is 0 Å². The Morgan fingerprint density at radius 3 is 2.76 bits per heavy atom. The lowest BCUT2D eigenvalue weighted by Crippen LogP contribution is -1.88. The van der Waals surface area contributed by atoms with Gasteiger partial charge in [0.1, 0.15) is 0 Å². The van der Waals surface area contributed by atoms with Crippen molar-refractivity contribution in [3.63, 3.8) is 0 Å². The van der Waals surface area contributed by atoms with Crippen LogP contribution in [0, 0.1) is 6.92 Å². The van der Waals surface area contributed by atoms with Crippen LogP contribution >= 0.6 is 0 Å². The molecule has 1 aromatic carbocycles. The molecule has 21 heavy (non-hydrogen) atoms. The number of rotatable bonds is 2. The van der Waals surface area contributed by atoms with Crippen LogP contribution in [0.15, 0.2) is 48.8 Å². The summed E-state index contributed by atoms with van der Waals surface area (Å²) >= 11 is 0. The van der Waals surface area contributed by atoms with Crippen molar-refractivity contribution in [3.05, 3.63) is 54.5 Å². The van der Waals surface area contributed by atoms with E-state index < -0.39 is 0 Å². The molecule has 5 nitrogen and oxygen atoms in total. The van der Waals surface area contributed by atoms with E-state index in [0.717, 1.165) is 39.1 Å². The molecule has 102 valence electrons. The lowest BCUT2D eigenvalue weighted by molar-refractivity contribution is 1.08. The molecule has 0 atom stereocenters. The van der Waals surface area contributed by atoms with Gasteiger partial charge in [-0.15, -0.1) is 0 Å². The quantitative estimate of drug-likeness (QED) is 0.589. The zero-order valence-corrected chi connectivity index (χ0v) is 11.5. The minimum atomic E-state index is 0.898. The third-order valence-electron chi connectivity index (χ3n) is 3.54. The monoisotopic (exact) mass is 275 g/mol. The van der Waals surface area contributed by atoms with E-state index >= 15 is 0 Å². The Morgan fingerprint density at radius 1 is 0.952 bits per heavy atom. The van der Waals surface area contributed by atoms with Crippen LogP contribution in [0.1, 0.15) is 5.69 Å². The molecular weight excluding hydrogens is 262 g/mol. The highest BCUT2D eigenvalue weighted by atomic mass is 15.1. The van der Waals surface area contributed by atoms with E-state index in [0.29, 0.717) is 0 Å². The summed E-state index contributed by atoms with van der Waals surface area (Å²) in [5, 5.41) is 15.3. The number of aromatic nitrogens is 5. The van der Waals surface area contributed by atoms with Gasteiger partial charge in [-0.05, 0) is 36.8 Å². The van der Waals surface area contributed by atoms with Crippen molar-refractivity contribution in [1.29, 1.82) is 0 Å². The fourth-order valence-corrected chi connectivity index (χ4v) is 2.49. The molecule has 0 aliphatic rings. The molecule has 3 aromatic heterocycles. The Kier molecular flexibility index (Phi) is 2.57. The van der Waals surface area contributed by atoms with Crippen molar-refractivity contribution in [1.82, 2.24) is 25.4 Å². The molecule has 0 aliphatic carbocycles. The Morgan fingerprint density at radius 2 is 1.86 bits per heavy atom. The number of benzene rings is 1. The molecule has 0 spiro atoms. The smallest absolute Gasteiger partial charge is 0.0912 e. The third-order valence-corrected chi connectivity index (χ3v) is 3.54. The maximum absolute atomic E-state index is 4.56. The lowest BCUT2D eigenvalue weighted by atomic mass is 10.0. The summed E-state index contributed by atoms with van der Waals surface area (Å²) in [7, 11) is 0. The molecule has 0 saturated heterocycles. The fourth-order valence-electron chi connectivity index (χ4n) is 2.49. The van der Waals surface area contributed by atoms with E-state index in [9.17, 15) is 0 Å². The number of hydrogen-bond acceptors (Lipinski definition) is 3. The van der Waals surface area contributed by atoms with E-state index in [4.69, 9.17) is 0 Å². The Balaban J connectivity index is 1.88. The highest BCUT2D eigenvalue weighted by Crippen LogP contribution is 2.30. The summed E-state index contributed by atoms with van der Waals surface area (Å²) in [6.45, 7) is 1.98. The fraction of sp³-hybridized carbons (Fsp3) is 0.0625. The number of fused-ring (bicyclic) bond motifs is 1. The van der Waals surface area contributed by atoms with Gasteiger partial charge in [-0.3, -0.25) is 15.2 Å². The topological polar surface area (TPSA) is 70.2 Å². The van der Waals surface area contributed by atoms with Gasteiger partial charge >= 0.3 is 0 Å². The standard InChI is InChI=1S/C16H13N5/c1-10-3-2-4-15(19-10)16-13(9-18-21-16)11-5-6-14-12(7-11)8-17-20-14/h2-9H,1H3,(H,17,20)(H,18,21). The second kappa shape index (κ2) is 4.56. The van der Waals surface area contributed by atoms with Gasteiger partial charge in [0.15, 0.2) is 0 Å². The number of aromatic amines is 2. The summed E-state index contributed by atoms with van der Waals surface area (Å²) in [4.78, 5) is 4.56. The summed E-state index contributed by atoms with van der Waals surface area (Å²) in [5.74, 6) is 0. The predicted molar refractivity (Wildman–Crippen MR) is 81.6 cm³/mol. The Labute approximate surface area is 121 Å². The van der Waals surface area contributed by atoms with E-state index in [1.165, 1.54) is 0 Å². The minimum Gasteiger partial charge on any atom is -0.278 e. The Bertz CT molecular complexity index is 919. The molecule has 0 fully saturated rings. The van der Waals surface area contributed by atoms with Crippen LogP contribution in [-0.2, 0) is 0 Å². The number of pyridine rings is 1. The molecule has 0 saturated carbocycles. The van der Waals surface area contributed by atoms with Crippen molar-refractivity contribution < 1.29 is 0 Å². The first-order chi connectivity index (χ1) is 10.3. The minimum absolute atomic E-state index is 0.898. The van der Waals surface area contributed by atoms with Crippen molar-refractivity contribution in [2.24, 2.45) is 0 Å². The van der Waals surface area contributed by atoms with Crippen molar-refractivity contribution in [2.75, 3.05) is 0 Å². The van der Waals surface area contributed by atoms with Gasteiger partial charge in [0, 0.05) is 16.6 Å². The van der Waals surface area contributed by atoms with E-state index in [-0.39, 0.29) is 0 Å². The van der Waals surface area contributed by atoms with Gasteiger partial charge in [-0.2, -0.15) is 10.2 Å². The second-order valence-corrected chi connectivity index (χ2v) is 4.99. The average Bonchev–Trinajstić information content (AvgIpc) is 3.15. The zero-order valence-electron chi connectivity index (χ0n) is 11.5. The SMILES string of the molecule is Cc1cccc(-c2[nH]ncc2-c2ccc3[nH]ncc3c2)n1. The number of aryl methyl sites for hydroxylation is 1. The summed E-state index contributed by atoms with van der Waals surface area (Å²) in [6.07, 6.45) is 3.66. The zero-order chi connectivity index (χ0) is 14.2. The number of nitrogens with one attached hydrogen (secondary N) is 2. The largest absolute Gasteiger partial charge is 0.278 e. The third kappa shape index (κ3) is 1.99. The molecular formula is C16H13N5. The number of hydrogen-bond donors (Lipinski definition) is 2. The van der Waals surface area contributed by atoms with Gasteiger partial charge in [-0.25, -0.2) is 0 Å². The Hall–Kier alpha value is -2.95. The van der Waals surface area contributed by atoms with Crippen LogP contribution in [0.5, 0.6) is 0 Å². The van der Waals surface area contributed by atoms with Crippen LogP contribution in [0.3, 0.4) is 0 Å². The normalized spacial score (nSPS) is 11.1. The number of H-pyrrole nitrogens is 2. The van der Waals surface area contributed by atoms with Gasteiger partial charge < -0.3 is 0 Å². The van der Waals surface area contributed by atoms with Gasteiger partial charge in [0.25, 0.3) is 0 Å². The molecule has 4 rings (SSSR count). The van der Waals surface area contributed by atoms with Crippen LogP contribution in [0.4, 0.5) is 0 Å². The van der Waals surface area contributed by atoms with Crippen molar-refractivity contribution in [2.45, 2.75) is 6.92 Å². The lowest BCUT2D eigenvalue weighted by Gasteiger charge is -2.04. The van der Waals surface area contributed by atoms with E-state index in [1.54, 1.807) is 0 Å². The maximum Gasteiger partial charge on any atom is 0.0912 e. The van der Waals surface area contributed by atoms with Crippen LogP contribution < -0.4 is 0 Å². The first-order valence-corrected chi connectivity index (χ1v) is 6.72. The molecule has 5 heteroatoms. The van der Waals surface area contributed by atoms with Crippen molar-refractivity contribution >= 4 is 10.9 Å². The summed E-state index contributed by atoms with van der Waals surface area (Å²) in [6, 6.07) is 12.2. The second-order valence-electron chi connectivity index (χ2n) is 4.99. The highest BCUT2D eigenvalue weighted by molar-refractivity contribution is 5.87. The van der Waals surface area contributed by atoms with Gasteiger partial charge in [0.05, 0.1) is 29.3 Å². The highest BCUT2D eigenvalue weighted by Gasteiger charge is 2.11. The first-order valence-electron chi connectivity index (χ1n) is 6.72. The number of nitrogens with zero attached hydrogens (tertiary/aromatic N) is 3. The van der Waals surface area contributed by atoms with Crippen LogP contribution in [0.2, 0.25) is 0 Å². The first kappa shape index (κ1) is 11.8. The molecule has 2 N–H and O–H groups in total. The average molecular weight is 275 g/mol. The predicted octanol–water partition coefficient (Wildman–Crippen LogP) is 3.32. The summed E-state index contributed by atoms with van der Waals surface area (Å²) < 4.78 is 0. The van der Waals surface area contributed by atoms with Crippen LogP contribution in [0.25, 0.3) is 33.4 Å².